The Morgan fingerprint density at radius 3 is 2.47 bits per heavy atom. The number of hydrogen-bond acceptors (Lipinski definition) is 2. The van der Waals surface area contributed by atoms with Crippen molar-refractivity contribution in [3.8, 4) is 11.3 Å². The van der Waals surface area contributed by atoms with Gasteiger partial charge in [-0.15, -0.1) is 0 Å². The minimum atomic E-state index is 0.201. The topological polar surface area (TPSA) is 30.0 Å². The molecule has 3 rings (SSSR count). The molecule has 0 amide bonds. The van der Waals surface area contributed by atoms with Crippen LogP contribution in [0.15, 0.2) is 42.5 Å². The lowest BCUT2D eigenvalue weighted by molar-refractivity contribution is 0.0971. The number of benzene rings is 1. The minimum Gasteiger partial charge on any atom is -0.292 e. The first-order valence-electron chi connectivity index (χ1n) is 6.93. The van der Waals surface area contributed by atoms with Crippen LogP contribution in [0.3, 0.4) is 0 Å². The Labute approximate surface area is 113 Å². The van der Waals surface area contributed by atoms with E-state index in [1.807, 2.05) is 36.4 Å². The fourth-order valence-electron chi connectivity index (χ4n) is 2.60. The van der Waals surface area contributed by atoms with Crippen LogP contribution in [0.4, 0.5) is 0 Å². The van der Waals surface area contributed by atoms with Crippen LogP contribution in [0, 0.1) is 0 Å². The highest BCUT2D eigenvalue weighted by Crippen LogP contribution is 2.23. The van der Waals surface area contributed by atoms with Gasteiger partial charge in [-0.3, -0.25) is 4.79 Å². The summed E-state index contributed by atoms with van der Waals surface area (Å²) in [6.45, 7) is 0. The summed E-state index contributed by atoms with van der Waals surface area (Å²) in [5.41, 5.74) is 3.78. The third-order valence-corrected chi connectivity index (χ3v) is 3.66. The van der Waals surface area contributed by atoms with Crippen molar-refractivity contribution < 1.29 is 4.79 Å². The summed E-state index contributed by atoms with van der Waals surface area (Å²) in [5, 5.41) is 0. The van der Waals surface area contributed by atoms with Gasteiger partial charge in [-0.1, -0.05) is 42.8 Å². The lowest BCUT2D eigenvalue weighted by Crippen LogP contribution is -2.10. The molecule has 0 atom stereocenters. The van der Waals surface area contributed by atoms with Crippen molar-refractivity contribution in [2.75, 3.05) is 0 Å². The Kier molecular flexibility index (Phi) is 3.41. The average Bonchev–Trinajstić information content (AvgIpc) is 2.45. The SMILES string of the molecule is O=C1CCCCCc2ccc(-c3ccccc3)nc21. The smallest absolute Gasteiger partial charge is 0.181 e. The van der Waals surface area contributed by atoms with Gasteiger partial charge in [0, 0.05) is 12.0 Å². The number of aromatic nitrogens is 1. The van der Waals surface area contributed by atoms with E-state index in [1.165, 1.54) is 0 Å². The number of Topliss-reactive ketones (excluding diaryl/α,β-unsaturated/α-hetero) is 1. The van der Waals surface area contributed by atoms with Crippen LogP contribution in [-0.2, 0) is 6.42 Å². The van der Waals surface area contributed by atoms with Crippen LogP contribution in [0.5, 0.6) is 0 Å². The monoisotopic (exact) mass is 251 g/mol. The van der Waals surface area contributed by atoms with Gasteiger partial charge < -0.3 is 0 Å². The molecule has 2 nitrogen and oxygen atoms in total. The van der Waals surface area contributed by atoms with E-state index in [2.05, 4.69) is 11.1 Å². The maximum atomic E-state index is 12.2. The fourth-order valence-corrected chi connectivity index (χ4v) is 2.60. The standard InChI is InChI=1S/C17H17NO/c19-16-10-6-2-5-9-14-11-12-15(18-17(14)16)13-7-3-1-4-8-13/h1,3-4,7-8,11-12H,2,5-6,9-10H2. The van der Waals surface area contributed by atoms with Gasteiger partial charge in [0.25, 0.3) is 0 Å². The lowest BCUT2D eigenvalue weighted by Gasteiger charge is -2.13. The molecule has 0 N–H and O–H groups in total. The molecule has 2 heteroatoms. The maximum Gasteiger partial charge on any atom is 0.181 e. The van der Waals surface area contributed by atoms with Crippen molar-refractivity contribution in [1.29, 1.82) is 0 Å². The number of aryl methyl sites for hydroxylation is 1. The minimum absolute atomic E-state index is 0.201. The maximum absolute atomic E-state index is 12.2. The second-order valence-corrected chi connectivity index (χ2v) is 5.05. The van der Waals surface area contributed by atoms with Crippen molar-refractivity contribution in [2.45, 2.75) is 32.1 Å². The van der Waals surface area contributed by atoms with E-state index in [0.29, 0.717) is 12.1 Å². The Hall–Kier alpha value is -1.96. The van der Waals surface area contributed by atoms with E-state index >= 15 is 0 Å². The van der Waals surface area contributed by atoms with E-state index in [9.17, 15) is 4.79 Å². The molecule has 0 saturated carbocycles. The summed E-state index contributed by atoms with van der Waals surface area (Å²) in [4.78, 5) is 16.8. The third kappa shape index (κ3) is 2.58. The second kappa shape index (κ2) is 5.35. The first-order chi connectivity index (χ1) is 9.34. The summed E-state index contributed by atoms with van der Waals surface area (Å²) in [5.74, 6) is 0.201. The normalized spacial score (nSPS) is 15.5. The molecule has 2 aromatic rings. The van der Waals surface area contributed by atoms with Crippen molar-refractivity contribution in [1.82, 2.24) is 4.98 Å². The predicted octanol–water partition coefficient (Wildman–Crippen LogP) is 4.05. The first-order valence-corrected chi connectivity index (χ1v) is 6.93. The van der Waals surface area contributed by atoms with Gasteiger partial charge in [-0.05, 0) is 30.9 Å². The summed E-state index contributed by atoms with van der Waals surface area (Å²) < 4.78 is 0. The molecule has 0 unspecified atom stereocenters. The number of carbonyl (C=O) groups excluding carboxylic acids is 1. The molecular formula is C17H17NO. The number of hydrogen-bond donors (Lipinski definition) is 0. The third-order valence-electron chi connectivity index (χ3n) is 3.66. The molecular weight excluding hydrogens is 234 g/mol. The lowest BCUT2D eigenvalue weighted by atomic mass is 9.95. The molecule has 0 fully saturated rings. The molecule has 1 aliphatic carbocycles. The number of nitrogens with zero attached hydrogens (tertiary/aromatic N) is 1. The highest BCUT2D eigenvalue weighted by Gasteiger charge is 2.16. The number of pyridine rings is 1. The number of ketones is 1. The Morgan fingerprint density at radius 1 is 0.842 bits per heavy atom. The van der Waals surface area contributed by atoms with E-state index in [4.69, 9.17) is 0 Å². The van der Waals surface area contributed by atoms with Crippen molar-refractivity contribution in [3.63, 3.8) is 0 Å². The summed E-state index contributed by atoms with van der Waals surface area (Å²) in [6, 6.07) is 14.1. The Balaban J connectivity index is 2.04. The second-order valence-electron chi connectivity index (χ2n) is 5.05. The molecule has 0 radical (unpaired) electrons. The van der Waals surface area contributed by atoms with Crippen LogP contribution >= 0.6 is 0 Å². The Morgan fingerprint density at radius 2 is 1.63 bits per heavy atom. The van der Waals surface area contributed by atoms with Gasteiger partial charge in [-0.25, -0.2) is 4.98 Å². The molecule has 1 aliphatic rings. The van der Waals surface area contributed by atoms with Gasteiger partial charge in [0.2, 0.25) is 0 Å². The molecule has 1 aromatic carbocycles. The summed E-state index contributed by atoms with van der Waals surface area (Å²) in [6.07, 6.45) is 4.91. The van der Waals surface area contributed by atoms with Crippen molar-refractivity contribution >= 4 is 5.78 Å². The number of carbonyl (C=O) groups is 1. The van der Waals surface area contributed by atoms with Crippen LogP contribution < -0.4 is 0 Å². The fraction of sp³-hybridized carbons (Fsp3) is 0.294. The van der Waals surface area contributed by atoms with Gasteiger partial charge in [0.15, 0.2) is 5.78 Å². The number of fused-ring (bicyclic) bond motifs is 1. The molecule has 19 heavy (non-hydrogen) atoms. The van der Waals surface area contributed by atoms with E-state index < -0.39 is 0 Å². The molecule has 0 saturated heterocycles. The average molecular weight is 251 g/mol. The van der Waals surface area contributed by atoms with E-state index in [1.54, 1.807) is 0 Å². The highest BCUT2D eigenvalue weighted by atomic mass is 16.1. The van der Waals surface area contributed by atoms with Gasteiger partial charge >= 0.3 is 0 Å². The van der Waals surface area contributed by atoms with Gasteiger partial charge in [-0.2, -0.15) is 0 Å². The summed E-state index contributed by atoms with van der Waals surface area (Å²) in [7, 11) is 0. The molecule has 1 aromatic heterocycles. The Bertz CT molecular complexity index is 589. The summed E-state index contributed by atoms with van der Waals surface area (Å²) >= 11 is 0. The van der Waals surface area contributed by atoms with Crippen LogP contribution in [0.1, 0.15) is 41.7 Å². The highest BCUT2D eigenvalue weighted by molar-refractivity contribution is 5.96. The van der Waals surface area contributed by atoms with Crippen LogP contribution in [-0.4, -0.2) is 10.8 Å². The van der Waals surface area contributed by atoms with Gasteiger partial charge in [0.05, 0.1) is 5.69 Å². The van der Waals surface area contributed by atoms with E-state index in [-0.39, 0.29) is 5.78 Å². The van der Waals surface area contributed by atoms with E-state index in [0.717, 1.165) is 42.5 Å². The van der Waals surface area contributed by atoms with Gasteiger partial charge in [0.1, 0.15) is 5.69 Å². The number of rotatable bonds is 1. The predicted molar refractivity (Wildman–Crippen MR) is 76.2 cm³/mol. The molecule has 96 valence electrons. The quantitative estimate of drug-likeness (QED) is 0.765. The largest absolute Gasteiger partial charge is 0.292 e. The molecule has 1 heterocycles. The molecule has 0 spiro atoms. The zero-order valence-corrected chi connectivity index (χ0v) is 10.9. The zero-order valence-electron chi connectivity index (χ0n) is 10.9. The van der Waals surface area contributed by atoms with Crippen molar-refractivity contribution in [2.24, 2.45) is 0 Å². The van der Waals surface area contributed by atoms with Crippen LogP contribution in [0.2, 0.25) is 0 Å². The zero-order chi connectivity index (χ0) is 13.1. The van der Waals surface area contributed by atoms with Crippen LogP contribution in [0.25, 0.3) is 11.3 Å². The molecule has 0 aliphatic heterocycles. The van der Waals surface area contributed by atoms with Crippen molar-refractivity contribution in [3.05, 3.63) is 53.7 Å². The molecule has 0 bridgehead atoms. The first kappa shape index (κ1) is 12.1.